The summed E-state index contributed by atoms with van der Waals surface area (Å²) in [6.07, 6.45) is 0. The number of fused-ring (bicyclic) bond motifs is 1. The molecule has 3 aromatic rings. The third-order valence-electron chi connectivity index (χ3n) is 6.64. The molecule has 36 heavy (non-hydrogen) atoms. The predicted octanol–water partition coefficient (Wildman–Crippen LogP) is 3.79. The number of hydrogen-bond acceptors (Lipinski definition) is 6. The lowest BCUT2D eigenvalue weighted by Crippen LogP contribution is -2.48. The monoisotopic (exact) mass is 507 g/mol. The fraction of sp³-hybridized carbons (Fsp3) is 0.296. The van der Waals surface area contributed by atoms with Crippen molar-refractivity contribution in [3.05, 3.63) is 82.9 Å². The number of rotatable bonds is 6. The summed E-state index contributed by atoms with van der Waals surface area (Å²) in [6, 6.07) is 17.8. The third-order valence-corrected chi connectivity index (χ3v) is 8.02. The first-order chi connectivity index (χ1) is 17.3. The van der Waals surface area contributed by atoms with Crippen LogP contribution in [0.5, 0.6) is 11.5 Å². The summed E-state index contributed by atoms with van der Waals surface area (Å²) in [5.41, 5.74) is 3.64. The minimum Gasteiger partial charge on any atom is -0.454 e. The van der Waals surface area contributed by atoms with Crippen molar-refractivity contribution in [1.29, 1.82) is 0 Å². The van der Waals surface area contributed by atoms with Gasteiger partial charge in [0.15, 0.2) is 11.5 Å². The molecule has 1 saturated heterocycles. The van der Waals surface area contributed by atoms with Crippen LogP contribution in [0.2, 0.25) is 0 Å². The van der Waals surface area contributed by atoms with Crippen LogP contribution in [0.15, 0.2) is 65.6 Å². The molecule has 8 nitrogen and oxygen atoms in total. The van der Waals surface area contributed by atoms with Crippen LogP contribution in [0.3, 0.4) is 0 Å². The van der Waals surface area contributed by atoms with Gasteiger partial charge >= 0.3 is 0 Å². The zero-order chi connectivity index (χ0) is 25.3. The molecule has 1 N–H and O–H groups in total. The Balaban J connectivity index is 1.23. The molecule has 0 atom stereocenters. The van der Waals surface area contributed by atoms with Gasteiger partial charge in [0.2, 0.25) is 6.79 Å². The summed E-state index contributed by atoms with van der Waals surface area (Å²) in [7, 11) is -3.76. The van der Waals surface area contributed by atoms with E-state index in [9.17, 15) is 13.2 Å². The molecule has 1 fully saturated rings. The van der Waals surface area contributed by atoms with E-state index in [2.05, 4.69) is 9.62 Å². The van der Waals surface area contributed by atoms with Crippen LogP contribution < -0.4 is 14.2 Å². The quantitative estimate of drug-likeness (QED) is 0.546. The van der Waals surface area contributed by atoms with Crippen molar-refractivity contribution in [3.8, 4) is 11.5 Å². The number of carbonyl (C=O) groups excluding carboxylic acids is 1. The molecule has 188 valence electrons. The van der Waals surface area contributed by atoms with E-state index < -0.39 is 10.0 Å². The predicted molar refractivity (Wildman–Crippen MR) is 137 cm³/mol. The van der Waals surface area contributed by atoms with Crippen LogP contribution in [-0.2, 0) is 16.6 Å². The lowest BCUT2D eigenvalue weighted by atomic mass is 10.1. The average Bonchev–Trinajstić information content (AvgIpc) is 3.34. The van der Waals surface area contributed by atoms with Gasteiger partial charge in [0.25, 0.3) is 15.9 Å². The summed E-state index contributed by atoms with van der Waals surface area (Å²) < 4.78 is 39.2. The van der Waals surface area contributed by atoms with Crippen LogP contribution in [0.4, 0.5) is 5.69 Å². The maximum atomic E-state index is 13.3. The van der Waals surface area contributed by atoms with Gasteiger partial charge in [-0.1, -0.05) is 29.8 Å². The molecule has 3 aromatic carbocycles. The Morgan fingerprint density at radius 2 is 1.64 bits per heavy atom. The third kappa shape index (κ3) is 5.03. The fourth-order valence-corrected chi connectivity index (χ4v) is 5.60. The molecule has 2 heterocycles. The maximum absolute atomic E-state index is 13.3. The number of hydrogen-bond donors (Lipinski definition) is 1. The van der Waals surface area contributed by atoms with Crippen LogP contribution >= 0.6 is 0 Å². The van der Waals surface area contributed by atoms with Crippen molar-refractivity contribution in [2.24, 2.45) is 0 Å². The maximum Gasteiger partial charge on any atom is 0.261 e. The second kappa shape index (κ2) is 9.83. The van der Waals surface area contributed by atoms with Crippen molar-refractivity contribution in [2.75, 3.05) is 37.7 Å². The van der Waals surface area contributed by atoms with Crippen molar-refractivity contribution < 1.29 is 22.7 Å². The van der Waals surface area contributed by atoms with Gasteiger partial charge in [-0.15, -0.1) is 0 Å². The van der Waals surface area contributed by atoms with Crippen LogP contribution in [0, 0.1) is 13.8 Å². The highest BCUT2D eigenvalue weighted by Gasteiger charge is 2.25. The van der Waals surface area contributed by atoms with Gasteiger partial charge in [-0.25, -0.2) is 8.42 Å². The van der Waals surface area contributed by atoms with Gasteiger partial charge in [0.05, 0.1) is 10.6 Å². The van der Waals surface area contributed by atoms with E-state index in [0.717, 1.165) is 42.3 Å². The minimum atomic E-state index is -3.76. The topological polar surface area (TPSA) is 88.2 Å². The van der Waals surface area contributed by atoms with Gasteiger partial charge in [-0.05, 0) is 61.4 Å². The summed E-state index contributed by atoms with van der Waals surface area (Å²) in [5, 5.41) is 0. The number of amides is 1. The number of ether oxygens (including phenoxy) is 2. The summed E-state index contributed by atoms with van der Waals surface area (Å²) >= 11 is 0. The number of sulfonamides is 1. The molecule has 0 unspecified atom stereocenters. The standard InChI is InChI=1S/C27H29N3O5S/c1-19-6-9-22(10-7-19)36(32,33)28-24-5-3-4-23(20(24)2)27(31)30-14-12-29(13-15-30)17-21-8-11-25-26(16-21)35-18-34-25/h3-11,16,28H,12-15,17-18H2,1-2H3. The van der Waals surface area contributed by atoms with E-state index in [4.69, 9.17) is 9.47 Å². The molecule has 2 aliphatic rings. The lowest BCUT2D eigenvalue weighted by Gasteiger charge is -2.35. The van der Waals surface area contributed by atoms with Crippen molar-refractivity contribution in [3.63, 3.8) is 0 Å². The van der Waals surface area contributed by atoms with E-state index in [1.165, 1.54) is 0 Å². The molecule has 0 saturated carbocycles. The average molecular weight is 508 g/mol. The van der Waals surface area contributed by atoms with E-state index in [0.29, 0.717) is 29.9 Å². The molecule has 0 aliphatic carbocycles. The largest absolute Gasteiger partial charge is 0.454 e. The number of aryl methyl sites for hydroxylation is 1. The van der Waals surface area contributed by atoms with Gasteiger partial charge in [0.1, 0.15) is 0 Å². The second-order valence-corrected chi connectivity index (χ2v) is 10.8. The normalized spacial score (nSPS) is 15.7. The first kappa shape index (κ1) is 24.1. The van der Waals surface area contributed by atoms with E-state index in [-0.39, 0.29) is 17.6 Å². The summed E-state index contributed by atoms with van der Waals surface area (Å²) in [4.78, 5) is 17.7. The molecule has 0 bridgehead atoms. The Labute approximate surface area is 211 Å². The number of benzene rings is 3. The van der Waals surface area contributed by atoms with Crippen LogP contribution in [0.1, 0.15) is 27.0 Å². The Kier molecular flexibility index (Phi) is 6.59. The number of carbonyl (C=O) groups is 1. The Bertz CT molecular complexity index is 1380. The van der Waals surface area contributed by atoms with Crippen molar-refractivity contribution >= 4 is 21.6 Å². The van der Waals surface area contributed by atoms with Gasteiger partial charge < -0.3 is 14.4 Å². The Morgan fingerprint density at radius 3 is 2.39 bits per heavy atom. The van der Waals surface area contributed by atoms with Crippen LogP contribution in [0.25, 0.3) is 0 Å². The first-order valence-electron chi connectivity index (χ1n) is 11.9. The highest BCUT2D eigenvalue weighted by Crippen LogP contribution is 2.33. The number of nitrogens with zero attached hydrogens (tertiary/aromatic N) is 2. The Morgan fingerprint density at radius 1 is 0.917 bits per heavy atom. The van der Waals surface area contributed by atoms with Gasteiger partial charge in [-0.2, -0.15) is 0 Å². The zero-order valence-electron chi connectivity index (χ0n) is 20.4. The minimum absolute atomic E-state index is 0.0911. The summed E-state index contributed by atoms with van der Waals surface area (Å²) in [6.45, 7) is 7.40. The fourth-order valence-electron chi connectivity index (χ4n) is 4.48. The Hall–Kier alpha value is -3.56. The number of piperazine rings is 1. The molecule has 9 heteroatoms. The molecule has 5 rings (SSSR count). The van der Waals surface area contributed by atoms with E-state index in [1.54, 1.807) is 49.4 Å². The van der Waals surface area contributed by atoms with Gasteiger partial charge in [0, 0.05) is 38.3 Å². The molecule has 0 aromatic heterocycles. The van der Waals surface area contributed by atoms with Crippen molar-refractivity contribution in [1.82, 2.24) is 9.80 Å². The SMILES string of the molecule is Cc1ccc(S(=O)(=O)Nc2cccc(C(=O)N3CCN(Cc4ccc5c(c4)OCO5)CC3)c2C)cc1. The molecule has 1 amide bonds. The first-order valence-corrected chi connectivity index (χ1v) is 13.4. The molecular formula is C27H29N3O5S. The lowest BCUT2D eigenvalue weighted by molar-refractivity contribution is 0.0628. The van der Waals surface area contributed by atoms with E-state index in [1.807, 2.05) is 30.0 Å². The van der Waals surface area contributed by atoms with Gasteiger partial charge in [-0.3, -0.25) is 14.4 Å². The van der Waals surface area contributed by atoms with Crippen molar-refractivity contribution in [2.45, 2.75) is 25.3 Å². The summed E-state index contributed by atoms with van der Waals surface area (Å²) in [5.74, 6) is 1.45. The molecule has 0 spiro atoms. The van der Waals surface area contributed by atoms with E-state index >= 15 is 0 Å². The zero-order valence-corrected chi connectivity index (χ0v) is 21.2. The second-order valence-electron chi connectivity index (χ2n) is 9.15. The highest BCUT2D eigenvalue weighted by molar-refractivity contribution is 7.92. The molecule has 0 radical (unpaired) electrons. The number of nitrogens with one attached hydrogen (secondary N) is 1. The molecule has 2 aliphatic heterocycles. The number of anilines is 1. The van der Waals surface area contributed by atoms with Crippen LogP contribution in [-0.4, -0.2) is 57.1 Å². The highest BCUT2D eigenvalue weighted by atomic mass is 32.2. The molecular weight excluding hydrogens is 478 g/mol. The smallest absolute Gasteiger partial charge is 0.261 e.